The minimum absolute atomic E-state index is 0.123. The van der Waals surface area contributed by atoms with Gasteiger partial charge >= 0.3 is 5.76 Å². The normalized spacial score (nSPS) is 11.3. The van der Waals surface area contributed by atoms with E-state index in [2.05, 4.69) is 20.1 Å². The molecule has 4 aromatic rings. The number of hydrogen-bond acceptors (Lipinski definition) is 6. The topological polar surface area (TPSA) is 91.6 Å². The van der Waals surface area contributed by atoms with Crippen LogP contribution < -0.4 is 5.76 Å². The minimum atomic E-state index is -0.624. The summed E-state index contributed by atoms with van der Waals surface area (Å²) in [6.07, 6.45) is 4.52. The molecule has 126 valence electrons. The molecular formula is C16H13FN6O2. The molecule has 0 spiro atoms. The van der Waals surface area contributed by atoms with Crippen LogP contribution in [0.15, 0.2) is 46.1 Å². The lowest BCUT2D eigenvalue weighted by Crippen LogP contribution is -2.19. The van der Waals surface area contributed by atoms with E-state index in [9.17, 15) is 9.18 Å². The van der Waals surface area contributed by atoms with Crippen LogP contribution in [-0.4, -0.2) is 29.2 Å². The summed E-state index contributed by atoms with van der Waals surface area (Å²) in [5, 5.41) is 3.78. The number of nitrogens with zero attached hydrogens (tertiary/aromatic N) is 6. The molecule has 0 N–H and O–H groups in total. The molecule has 0 saturated heterocycles. The van der Waals surface area contributed by atoms with Crippen molar-refractivity contribution in [2.75, 3.05) is 0 Å². The van der Waals surface area contributed by atoms with E-state index >= 15 is 0 Å². The Kier molecular flexibility index (Phi) is 3.60. The number of rotatable bonds is 4. The van der Waals surface area contributed by atoms with Gasteiger partial charge < -0.3 is 4.57 Å². The Hall–Kier alpha value is -3.36. The van der Waals surface area contributed by atoms with E-state index in [0.717, 1.165) is 5.52 Å². The second kappa shape index (κ2) is 5.93. The largest absolute Gasteiger partial charge is 0.442 e. The first-order valence-corrected chi connectivity index (χ1v) is 7.65. The van der Waals surface area contributed by atoms with Crippen LogP contribution in [0.1, 0.15) is 12.7 Å². The molecule has 9 heteroatoms. The Morgan fingerprint density at radius 2 is 2.12 bits per heavy atom. The van der Waals surface area contributed by atoms with Gasteiger partial charge in [-0.1, -0.05) is 5.16 Å². The van der Waals surface area contributed by atoms with Gasteiger partial charge in [0.2, 0.25) is 5.82 Å². The summed E-state index contributed by atoms with van der Waals surface area (Å²) in [6.45, 7) is 2.70. The average molecular weight is 340 g/mol. The SMILES string of the molecule is CCn1c(Cn2c(-c3cnccn3)noc2=O)nc2cc(F)ccc21. The van der Waals surface area contributed by atoms with Gasteiger partial charge in [-0.15, -0.1) is 0 Å². The fraction of sp³-hybridized carbons (Fsp3) is 0.188. The zero-order valence-corrected chi connectivity index (χ0v) is 13.3. The van der Waals surface area contributed by atoms with Crippen LogP contribution in [0.3, 0.4) is 0 Å². The van der Waals surface area contributed by atoms with Crippen molar-refractivity contribution in [2.24, 2.45) is 0 Å². The van der Waals surface area contributed by atoms with Crippen LogP contribution in [0.5, 0.6) is 0 Å². The first-order chi connectivity index (χ1) is 12.2. The molecule has 1 aromatic carbocycles. The van der Waals surface area contributed by atoms with E-state index in [0.29, 0.717) is 23.6 Å². The fourth-order valence-electron chi connectivity index (χ4n) is 2.77. The Balaban J connectivity index is 1.83. The van der Waals surface area contributed by atoms with Gasteiger partial charge in [-0.25, -0.2) is 23.7 Å². The lowest BCUT2D eigenvalue weighted by atomic mass is 10.3. The first kappa shape index (κ1) is 15.2. The quantitative estimate of drug-likeness (QED) is 0.563. The first-order valence-electron chi connectivity index (χ1n) is 7.65. The van der Waals surface area contributed by atoms with Gasteiger partial charge in [0.05, 0.1) is 23.8 Å². The number of fused-ring (bicyclic) bond motifs is 1. The summed E-state index contributed by atoms with van der Waals surface area (Å²) in [7, 11) is 0. The number of aromatic nitrogens is 6. The van der Waals surface area contributed by atoms with Crippen LogP contribution in [0.2, 0.25) is 0 Å². The van der Waals surface area contributed by atoms with Gasteiger partial charge in [-0.2, -0.15) is 0 Å². The predicted molar refractivity (Wildman–Crippen MR) is 86.3 cm³/mol. The van der Waals surface area contributed by atoms with E-state index in [-0.39, 0.29) is 18.2 Å². The maximum absolute atomic E-state index is 13.5. The van der Waals surface area contributed by atoms with Crippen molar-refractivity contribution in [1.82, 2.24) is 29.2 Å². The molecule has 0 bridgehead atoms. The molecule has 0 aliphatic carbocycles. The van der Waals surface area contributed by atoms with Gasteiger partial charge in [0, 0.05) is 25.0 Å². The second-order valence-electron chi connectivity index (χ2n) is 5.35. The summed E-state index contributed by atoms with van der Waals surface area (Å²) in [5.41, 5.74) is 1.74. The molecule has 0 radical (unpaired) electrons. The highest BCUT2D eigenvalue weighted by Gasteiger charge is 2.18. The van der Waals surface area contributed by atoms with Gasteiger partial charge in [0.25, 0.3) is 0 Å². The van der Waals surface area contributed by atoms with Gasteiger partial charge in [0.1, 0.15) is 17.3 Å². The molecule has 0 unspecified atom stereocenters. The molecule has 0 fully saturated rings. The zero-order valence-electron chi connectivity index (χ0n) is 13.3. The van der Waals surface area contributed by atoms with Crippen LogP contribution in [0, 0.1) is 5.82 Å². The third-order valence-corrected chi connectivity index (χ3v) is 3.88. The van der Waals surface area contributed by atoms with E-state index in [1.165, 1.54) is 35.3 Å². The van der Waals surface area contributed by atoms with E-state index in [1.807, 2.05) is 11.5 Å². The van der Waals surface area contributed by atoms with Crippen molar-refractivity contribution >= 4 is 11.0 Å². The van der Waals surface area contributed by atoms with Crippen molar-refractivity contribution in [1.29, 1.82) is 0 Å². The maximum atomic E-state index is 13.5. The summed E-state index contributed by atoms with van der Waals surface area (Å²) < 4.78 is 21.5. The molecule has 3 aromatic heterocycles. The fourth-order valence-corrected chi connectivity index (χ4v) is 2.77. The summed E-state index contributed by atoms with van der Waals surface area (Å²) in [4.78, 5) is 24.6. The highest BCUT2D eigenvalue weighted by Crippen LogP contribution is 2.19. The standard InChI is InChI=1S/C16H13FN6O2/c1-2-22-13-4-3-10(17)7-11(13)20-14(22)9-23-15(21-25-16(23)24)12-8-18-5-6-19-12/h3-8H,2,9H2,1H3. The third-order valence-electron chi connectivity index (χ3n) is 3.88. The molecule has 0 amide bonds. The third kappa shape index (κ3) is 2.59. The number of hydrogen-bond donors (Lipinski definition) is 0. The summed E-state index contributed by atoms with van der Waals surface area (Å²) in [5.74, 6) is -0.124. The van der Waals surface area contributed by atoms with Crippen molar-refractivity contribution in [3.05, 3.63) is 59.0 Å². The Morgan fingerprint density at radius 1 is 1.24 bits per heavy atom. The lowest BCUT2D eigenvalue weighted by molar-refractivity contribution is 0.377. The van der Waals surface area contributed by atoms with Crippen molar-refractivity contribution in [3.8, 4) is 11.5 Å². The Morgan fingerprint density at radius 3 is 2.88 bits per heavy atom. The molecule has 0 saturated carbocycles. The number of imidazole rings is 1. The Labute approximate surface area is 140 Å². The highest BCUT2D eigenvalue weighted by atomic mass is 19.1. The zero-order chi connectivity index (χ0) is 17.4. The van der Waals surface area contributed by atoms with Gasteiger partial charge in [0.15, 0.2) is 0 Å². The average Bonchev–Trinajstić information content (AvgIpc) is 3.16. The van der Waals surface area contributed by atoms with Crippen LogP contribution in [0.4, 0.5) is 4.39 Å². The van der Waals surface area contributed by atoms with Gasteiger partial charge in [-0.05, 0) is 19.1 Å². The predicted octanol–water partition coefficient (Wildman–Crippen LogP) is 1.85. The summed E-state index contributed by atoms with van der Waals surface area (Å²) in [6, 6.07) is 4.42. The minimum Gasteiger partial charge on any atom is -0.327 e. The van der Waals surface area contributed by atoms with Crippen molar-refractivity contribution in [2.45, 2.75) is 20.0 Å². The highest BCUT2D eigenvalue weighted by molar-refractivity contribution is 5.76. The smallest absolute Gasteiger partial charge is 0.327 e. The second-order valence-corrected chi connectivity index (χ2v) is 5.35. The Bertz CT molecular complexity index is 1100. The lowest BCUT2D eigenvalue weighted by Gasteiger charge is -2.07. The van der Waals surface area contributed by atoms with Crippen LogP contribution in [-0.2, 0) is 13.1 Å². The molecule has 0 aliphatic heterocycles. The van der Waals surface area contributed by atoms with E-state index < -0.39 is 5.76 Å². The van der Waals surface area contributed by atoms with Crippen LogP contribution >= 0.6 is 0 Å². The molecule has 0 aliphatic rings. The number of benzene rings is 1. The molecule has 3 heterocycles. The van der Waals surface area contributed by atoms with Crippen molar-refractivity contribution < 1.29 is 8.91 Å². The molecule has 8 nitrogen and oxygen atoms in total. The molecule has 0 atom stereocenters. The van der Waals surface area contributed by atoms with Gasteiger partial charge in [-0.3, -0.25) is 9.51 Å². The van der Waals surface area contributed by atoms with E-state index in [4.69, 9.17) is 4.52 Å². The van der Waals surface area contributed by atoms with Crippen molar-refractivity contribution in [3.63, 3.8) is 0 Å². The maximum Gasteiger partial charge on any atom is 0.442 e. The molecule has 4 rings (SSSR count). The van der Waals surface area contributed by atoms with Crippen LogP contribution in [0.25, 0.3) is 22.6 Å². The number of halogens is 1. The summed E-state index contributed by atoms with van der Waals surface area (Å²) >= 11 is 0. The number of aryl methyl sites for hydroxylation is 1. The van der Waals surface area contributed by atoms with E-state index in [1.54, 1.807) is 6.07 Å². The molecular weight excluding hydrogens is 327 g/mol. The molecule has 25 heavy (non-hydrogen) atoms. The monoisotopic (exact) mass is 340 g/mol.